The van der Waals surface area contributed by atoms with Crippen molar-refractivity contribution in [3.8, 4) is 5.75 Å². The number of aryl methyl sites for hydroxylation is 1. The number of anilines is 1. The van der Waals surface area contributed by atoms with Gasteiger partial charge in [0.15, 0.2) is 5.58 Å². The maximum absolute atomic E-state index is 12.8. The molecular weight excluding hydrogens is 372 g/mol. The van der Waals surface area contributed by atoms with Crippen molar-refractivity contribution in [1.82, 2.24) is 14.9 Å². The van der Waals surface area contributed by atoms with E-state index in [2.05, 4.69) is 10.3 Å². The standard InChI is InChI=1S/C21H24N4O4/c1-14-12-15(28-2)13-19(26)24(14)11-9-22-20(27)17-7-5-10-25(17)21-23-16-6-3-4-8-18(16)29-21/h3-4,6,8,12-13,17H,5,7,9-11H2,1-2H3,(H,22,27). The van der Waals surface area contributed by atoms with Gasteiger partial charge in [0.2, 0.25) is 5.91 Å². The van der Waals surface area contributed by atoms with Gasteiger partial charge in [0.1, 0.15) is 17.3 Å². The Kier molecular flexibility index (Phi) is 5.24. The summed E-state index contributed by atoms with van der Waals surface area (Å²) in [7, 11) is 1.53. The van der Waals surface area contributed by atoms with E-state index >= 15 is 0 Å². The number of nitrogens with zero attached hydrogens (tertiary/aromatic N) is 3. The molecule has 1 unspecified atom stereocenters. The van der Waals surface area contributed by atoms with E-state index in [1.165, 1.54) is 13.2 Å². The van der Waals surface area contributed by atoms with Crippen molar-refractivity contribution in [3.05, 3.63) is 52.4 Å². The molecule has 152 valence electrons. The van der Waals surface area contributed by atoms with Crippen LogP contribution in [0.5, 0.6) is 5.75 Å². The highest BCUT2D eigenvalue weighted by molar-refractivity contribution is 5.85. The van der Waals surface area contributed by atoms with Gasteiger partial charge in [0.25, 0.3) is 11.6 Å². The number of carbonyl (C=O) groups excluding carboxylic acids is 1. The summed E-state index contributed by atoms with van der Waals surface area (Å²) in [5.41, 5.74) is 2.13. The van der Waals surface area contributed by atoms with E-state index in [-0.39, 0.29) is 17.5 Å². The first-order valence-corrected chi connectivity index (χ1v) is 9.72. The van der Waals surface area contributed by atoms with Crippen molar-refractivity contribution in [2.75, 3.05) is 25.1 Å². The van der Waals surface area contributed by atoms with Crippen molar-refractivity contribution >= 4 is 23.0 Å². The quantitative estimate of drug-likeness (QED) is 0.686. The Balaban J connectivity index is 1.41. The number of ether oxygens (including phenoxy) is 1. The molecule has 0 aliphatic carbocycles. The van der Waals surface area contributed by atoms with Gasteiger partial charge in [-0.3, -0.25) is 9.59 Å². The molecule has 1 aliphatic rings. The van der Waals surface area contributed by atoms with Crippen LogP contribution in [0.25, 0.3) is 11.1 Å². The smallest absolute Gasteiger partial charge is 0.299 e. The molecule has 2 aromatic heterocycles. The summed E-state index contributed by atoms with van der Waals surface area (Å²) >= 11 is 0. The summed E-state index contributed by atoms with van der Waals surface area (Å²) in [5.74, 6) is 0.455. The number of nitrogens with one attached hydrogen (secondary N) is 1. The zero-order valence-corrected chi connectivity index (χ0v) is 16.6. The van der Waals surface area contributed by atoms with Gasteiger partial charge in [-0.25, -0.2) is 0 Å². The summed E-state index contributed by atoms with van der Waals surface area (Å²) in [6.45, 7) is 3.33. The largest absolute Gasteiger partial charge is 0.496 e. The SMILES string of the molecule is COc1cc(C)n(CCNC(=O)C2CCCN2c2nc3ccccc3o2)c(=O)c1. The average molecular weight is 396 g/mol. The van der Waals surface area contributed by atoms with Gasteiger partial charge in [0, 0.05) is 31.4 Å². The van der Waals surface area contributed by atoms with Crippen molar-refractivity contribution in [2.45, 2.75) is 32.4 Å². The Hall–Kier alpha value is -3.29. The fraction of sp³-hybridized carbons (Fsp3) is 0.381. The number of methoxy groups -OCH3 is 1. The van der Waals surface area contributed by atoms with Crippen LogP contribution in [-0.4, -0.2) is 41.7 Å². The third-order valence-electron chi connectivity index (χ3n) is 5.26. The van der Waals surface area contributed by atoms with Gasteiger partial charge < -0.3 is 23.9 Å². The second kappa shape index (κ2) is 7.98. The molecule has 29 heavy (non-hydrogen) atoms. The Morgan fingerprint density at radius 2 is 2.17 bits per heavy atom. The number of aromatic nitrogens is 2. The molecule has 0 spiro atoms. The molecule has 0 radical (unpaired) electrons. The van der Waals surface area contributed by atoms with E-state index < -0.39 is 0 Å². The minimum absolute atomic E-state index is 0.0797. The van der Waals surface area contributed by atoms with Crippen LogP contribution < -0.4 is 20.5 Å². The molecule has 8 nitrogen and oxygen atoms in total. The molecule has 1 aromatic carbocycles. The summed E-state index contributed by atoms with van der Waals surface area (Å²) in [5, 5.41) is 2.95. The lowest BCUT2D eigenvalue weighted by molar-refractivity contribution is -0.122. The molecular formula is C21H24N4O4. The van der Waals surface area contributed by atoms with Gasteiger partial charge in [-0.1, -0.05) is 12.1 Å². The first kappa shape index (κ1) is 19.0. The highest BCUT2D eigenvalue weighted by atomic mass is 16.5. The van der Waals surface area contributed by atoms with Crippen LogP contribution in [0, 0.1) is 6.92 Å². The summed E-state index contributed by atoms with van der Waals surface area (Å²) < 4.78 is 12.6. The number of hydrogen-bond donors (Lipinski definition) is 1. The number of pyridine rings is 1. The van der Waals surface area contributed by atoms with Gasteiger partial charge in [-0.2, -0.15) is 4.98 Å². The van der Waals surface area contributed by atoms with Crippen LogP contribution >= 0.6 is 0 Å². The van der Waals surface area contributed by atoms with E-state index in [0.717, 1.165) is 30.6 Å². The van der Waals surface area contributed by atoms with Crippen LogP contribution in [0.3, 0.4) is 0 Å². The van der Waals surface area contributed by atoms with Gasteiger partial charge >= 0.3 is 0 Å². The second-order valence-corrected chi connectivity index (χ2v) is 7.13. The predicted octanol–water partition coefficient (Wildman–Crippen LogP) is 2.09. The van der Waals surface area contributed by atoms with Crippen molar-refractivity contribution < 1.29 is 13.9 Å². The lowest BCUT2D eigenvalue weighted by Gasteiger charge is -2.22. The topological polar surface area (TPSA) is 89.6 Å². The summed E-state index contributed by atoms with van der Waals surface area (Å²) in [4.78, 5) is 31.4. The first-order valence-electron chi connectivity index (χ1n) is 9.72. The van der Waals surface area contributed by atoms with Gasteiger partial charge in [-0.05, 0) is 38.0 Å². The lowest BCUT2D eigenvalue weighted by atomic mass is 10.2. The molecule has 3 heterocycles. The molecule has 1 amide bonds. The third-order valence-corrected chi connectivity index (χ3v) is 5.26. The molecule has 1 N–H and O–H groups in total. The molecule has 1 fully saturated rings. The zero-order chi connectivity index (χ0) is 20.4. The minimum atomic E-state index is -0.322. The fourth-order valence-electron chi connectivity index (χ4n) is 3.76. The number of carbonyl (C=O) groups is 1. The number of amides is 1. The van der Waals surface area contributed by atoms with Gasteiger partial charge in [-0.15, -0.1) is 0 Å². The lowest BCUT2D eigenvalue weighted by Crippen LogP contribution is -2.44. The molecule has 1 aliphatic heterocycles. The summed E-state index contributed by atoms with van der Waals surface area (Å²) in [6, 6.07) is 11.0. The van der Waals surface area contributed by atoms with Gasteiger partial charge in [0.05, 0.1) is 7.11 Å². The van der Waals surface area contributed by atoms with E-state index in [1.807, 2.05) is 36.1 Å². The highest BCUT2D eigenvalue weighted by Crippen LogP contribution is 2.28. The fourth-order valence-corrected chi connectivity index (χ4v) is 3.76. The van der Waals surface area contributed by atoms with E-state index in [4.69, 9.17) is 9.15 Å². The number of hydrogen-bond acceptors (Lipinski definition) is 6. The Bertz CT molecular complexity index is 1050. The van der Waals surface area contributed by atoms with E-state index in [9.17, 15) is 9.59 Å². The average Bonchev–Trinajstić information content (AvgIpc) is 3.36. The number of oxazole rings is 1. The molecule has 3 aromatic rings. The minimum Gasteiger partial charge on any atom is -0.496 e. The monoisotopic (exact) mass is 396 g/mol. The van der Waals surface area contributed by atoms with Crippen molar-refractivity contribution in [2.24, 2.45) is 0 Å². The number of benzene rings is 1. The molecule has 1 saturated heterocycles. The first-order chi connectivity index (χ1) is 14.1. The van der Waals surface area contributed by atoms with Crippen molar-refractivity contribution in [1.29, 1.82) is 0 Å². The maximum atomic E-state index is 12.8. The second-order valence-electron chi connectivity index (χ2n) is 7.13. The van der Waals surface area contributed by atoms with Crippen molar-refractivity contribution in [3.63, 3.8) is 0 Å². The normalized spacial score (nSPS) is 16.3. The van der Waals surface area contributed by atoms with Crippen LogP contribution in [-0.2, 0) is 11.3 Å². The zero-order valence-electron chi connectivity index (χ0n) is 16.6. The highest BCUT2D eigenvalue weighted by Gasteiger charge is 2.33. The molecule has 0 saturated carbocycles. The molecule has 1 atom stereocenters. The van der Waals surface area contributed by atoms with Crippen LogP contribution in [0.2, 0.25) is 0 Å². The Morgan fingerprint density at radius 3 is 2.93 bits per heavy atom. The summed E-state index contributed by atoms with van der Waals surface area (Å²) in [6.07, 6.45) is 1.64. The predicted molar refractivity (Wildman–Crippen MR) is 109 cm³/mol. The number of rotatable bonds is 6. The molecule has 8 heteroatoms. The molecule has 0 bridgehead atoms. The van der Waals surface area contributed by atoms with E-state index in [1.54, 1.807) is 10.6 Å². The van der Waals surface area contributed by atoms with Crippen LogP contribution in [0.4, 0.5) is 6.01 Å². The Morgan fingerprint density at radius 1 is 1.34 bits per heavy atom. The van der Waals surface area contributed by atoms with Crippen LogP contribution in [0.15, 0.2) is 45.6 Å². The van der Waals surface area contributed by atoms with Crippen LogP contribution in [0.1, 0.15) is 18.5 Å². The number of fused-ring (bicyclic) bond motifs is 1. The maximum Gasteiger partial charge on any atom is 0.299 e. The molecule has 4 rings (SSSR count). The third kappa shape index (κ3) is 3.83. The van der Waals surface area contributed by atoms with E-state index in [0.29, 0.717) is 30.4 Å². The Labute approximate surface area is 168 Å². The number of para-hydroxylation sites is 2.